The number of aromatic nitrogens is 1. The normalized spacial score (nSPS) is 10.7. The molecule has 0 atom stereocenters. The highest BCUT2D eigenvalue weighted by atomic mass is 35.5. The molecule has 1 N–H and O–H groups in total. The molecular weight excluding hydrogens is 540 g/mol. The maximum Gasteiger partial charge on any atom is 0.235 e. The first kappa shape index (κ1) is 33.6. The van der Waals surface area contributed by atoms with Gasteiger partial charge in [-0.15, -0.1) is 0 Å². The molecule has 5 nitrogen and oxygen atoms in total. The number of hydrogen-bond donors (Lipinski definition) is 1. The Labute approximate surface area is 251 Å². The predicted octanol–water partition coefficient (Wildman–Crippen LogP) is 6.31. The first-order valence-electron chi connectivity index (χ1n) is 14.7. The van der Waals surface area contributed by atoms with E-state index in [1.54, 1.807) is 18.4 Å². The van der Waals surface area contributed by atoms with Gasteiger partial charge in [0.15, 0.2) is 16.5 Å². The van der Waals surface area contributed by atoms with Crippen molar-refractivity contribution in [3.8, 4) is 22.1 Å². The molecule has 220 valence electrons. The van der Waals surface area contributed by atoms with Gasteiger partial charge in [-0.3, -0.25) is 14.7 Å². The van der Waals surface area contributed by atoms with E-state index < -0.39 is 0 Å². The number of amides is 1. The fraction of sp³-hybridized carbons (Fsp3) is 0.515. The number of anilines is 1. The lowest BCUT2D eigenvalue weighted by Crippen LogP contribution is -3.00. The second-order valence-corrected chi connectivity index (χ2v) is 11.2. The van der Waals surface area contributed by atoms with Gasteiger partial charge < -0.3 is 21.9 Å². The number of carbonyl (C=O) groups is 1. The number of halogens is 1. The van der Waals surface area contributed by atoms with Gasteiger partial charge in [0, 0.05) is 18.7 Å². The fourth-order valence-corrected chi connectivity index (χ4v) is 5.78. The summed E-state index contributed by atoms with van der Waals surface area (Å²) in [6, 6.07) is 13.7. The van der Waals surface area contributed by atoms with Gasteiger partial charge in [-0.2, -0.15) is 0 Å². The van der Waals surface area contributed by atoms with Gasteiger partial charge in [0.25, 0.3) is 0 Å². The van der Waals surface area contributed by atoms with Gasteiger partial charge >= 0.3 is 0 Å². The Morgan fingerprint density at radius 3 is 2.17 bits per heavy atom. The number of nitrogens with one attached hydrogen (secondary N) is 1. The summed E-state index contributed by atoms with van der Waals surface area (Å²) in [6.45, 7) is 2.90. The Balaban J connectivity index is 0.00000560. The van der Waals surface area contributed by atoms with Crippen LogP contribution in [0.5, 0.6) is 11.5 Å². The minimum Gasteiger partial charge on any atom is -1.00 e. The molecule has 0 aliphatic carbocycles. The summed E-state index contributed by atoms with van der Waals surface area (Å²) in [4.78, 5) is 13.1. The Hall–Kier alpha value is -2.57. The van der Waals surface area contributed by atoms with Crippen LogP contribution >= 0.6 is 11.3 Å². The summed E-state index contributed by atoms with van der Waals surface area (Å²) in [5.41, 5.74) is 2.66. The van der Waals surface area contributed by atoms with E-state index in [-0.39, 0.29) is 24.7 Å². The minimum absolute atomic E-state index is 0. The highest BCUT2D eigenvalue weighted by molar-refractivity contribution is 7.13. The number of nitrogens with zero attached hydrogens (tertiary/aromatic N) is 1. The molecule has 0 radical (unpaired) electrons. The predicted molar refractivity (Wildman–Crippen MR) is 165 cm³/mol. The second kappa shape index (κ2) is 19.5. The summed E-state index contributed by atoms with van der Waals surface area (Å²) in [7, 11) is 3.66. The van der Waals surface area contributed by atoms with Gasteiger partial charge in [-0.25, -0.2) is 0 Å². The molecule has 0 unspecified atom stereocenters. The molecule has 0 aliphatic heterocycles. The monoisotopic (exact) mass is 586 g/mol. The molecule has 2 aromatic carbocycles. The van der Waals surface area contributed by atoms with E-state index in [9.17, 15) is 4.79 Å². The number of rotatable bonds is 19. The third-order valence-corrected chi connectivity index (χ3v) is 8.08. The molecule has 3 aromatic rings. The van der Waals surface area contributed by atoms with Crippen molar-refractivity contribution in [2.75, 3.05) is 19.0 Å². The maximum absolute atomic E-state index is 13.1. The largest absolute Gasteiger partial charge is 1.00 e. The van der Waals surface area contributed by atoms with Crippen LogP contribution in [0.2, 0.25) is 0 Å². The topological polar surface area (TPSA) is 52.5 Å². The van der Waals surface area contributed by atoms with Gasteiger partial charge in [0.1, 0.15) is 17.4 Å². The van der Waals surface area contributed by atoms with E-state index in [0.29, 0.717) is 18.1 Å². The van der Waals surface area contributed by atoms with Crippen LogP contribution in [-0.2, 0) is 18.3 Å². The molecule has 0 saturated heterocycles. The number of carbonyl (C=O) groups excluding carboxylic acids is 1. The van der Waals surface area contributed by atoms with Crippen LogP contribution in [0.3, 0.4) is 0 Å². The number of hydrogen-bond acceptors (Lipinski definition) is 4. The van der Waals surface area contributed by atoms with Gasteiger partial charge in [0.05, 0.1) is 25.5 Å². The number of thiazole rings is 1. The molecule has 3 rings (SSSR count). The maximum atomic E-state index is 13.1. The fourth-order valence-electron chi connectivity index (χ4n) is 4.88. The van der Waals surface area contributed by atoms with Gasteiger partial charge in [0.2, 0.25) is 5.91 Å². The summed E-state index contributed by atoms with van der Waals surface area (Å²) in [6.07, 6.45) is 18.0. The Morgan fingerprint density at radius 2 is 1.55 bits per heavy atom. The lowest BCUT2D eigenvalue weighted by atomic mass is 10.1. The highest BCUT2D eigenvalue weighted by Gasteiger charge is 2.19. The molecule has 40 heavy (non-hydrogen) atoms. The summed E-state index contributed by atoms with van der Waals surface area (Å²) in [5, 5.41) is 6.26. The van der Waals surface area contributed by atoms with Crippen LogP contribution < -0.4 is 27.2 Å². The van der Waals surface area contributed by atoms with E-state index in [2.05, 4.69) is 16.8 Å². The van der Waals surface area contributed by atoms with E-state index in [1.165, 1.54) is 70.6 Å². The summed E-state index contributed by atoms with van der Waals surface area (Å²) >= 11 is 1.65. The molecule has 1 amide bonds. The zero-order chi connectivity index (χ0) is 27.7. The molecule has 1 heterocycles. The van der Waals surface area contributed by atoms with E-state index >= 15 is 0 Å². The number of ether oxygens (including phenoxy) is 2. The molecule has 0 spiro atoms. The lowest BCUT2D eigenvalue weighted by Gasteiger charge is -2.15. The van der Waals surface area contributed by atoms with Crippen LogP contribution in [0.15, 0.2) is 54.0 Å². The number of para-hydroxylation sites is 2. The van der Waals surface area contributed by atoms with Crippen LogP contribution in [0.4, 0.5) is 5.69 Å². The number of aryl methyl sites for hydroxylation is 1. The Morgan fingerprint density at radius 1 is 0.900 bits per heavy atom. The van der Waals surface area contributed by atoms with E-state index in [0.717, 1.165) is 28.2 Å². The van der Waals surface area contributed by atoms with Crippen LogP contribution in [0.25, 0.3) is 10.6 Å². The number of unbranched alkanes of at least 4 members (excludes halogenated alkanes) is 11. The van der Waals surface area contributed by atoms with Crippen molar-refractivity contribution in [1.82, 2.24) is 4.57 Å². The van der Waals surface area contributed by atoms with E-state index in [4.69, 9.17) is 9.47 Å². The zero-order valence-corrected chi connectivity index (χ0v) is 26.1. The molecule has 0 bridgehead atoms. The highest BCUT2D eigenvalue weighted by Crippen LogP contribution is 2.33. The van der Waals surface area contributed by atoms with Crippen molar-refractivity contribution < 1.29 is 26.7 Å². The smallest absolute Gasteiger partial charge is 0.235 e. The first-order chi connectivity index (χ1) is 19.1. The molecule has 7 heteroatoms. The standard InChI is InChI=1S/C33H46N2O3S.ClH/c1-4-5-6-7-8-9-10-11-12-13-14-17-24-38-32-27(19-18-22-30(32)37-3)26-31(36)34-29-21-16-15-20-28(29)33-35(2)23-25-39-33;/h15-16,18-23,25H,4-14,17,24,26H2,1-3H3;1H. The summed E-state index contributed by atoms with van der Waals surface area (Å²) in [5.74, 6) is 1.27. The minimum atomic E-state index is -0.0786. The van der Waals surface area contributed by atoms with Crippen LogP contribution in [-0.4, -0.2) is 24.2 Å². The molecule has 0 aliphatic rings. The molecule has 0 fully saturated rings. The second-order valence-electron chi connectivity index (χ2n) is 10.3. The van der Waals surface area contributed by atoms with Crippen molar-refractivity contribution in [1.29, 1.82) is 0 Å². The summed E-state index contributed by atoms with van der Waals surface area (Å²) < 4.78 is 13.8. The lowest BCUT2D eigenvalue weighted by molar-refractivity contribution is -0.115. The molecular formula is C33H47ClN2O3S. The van der Waals surface area contributed by atoms with E-state index in [1.807, 2.05) is 61.1 Å². The molecule has 0 saturated carbocycles. The average molecular weight is 587 g/mol. The number of benzene rings is 2. The first-order valence-corrected chi connectivity index (χ1v) is 15.6. The quantitative estimate of drug-likeness (QED) is 0.132. The van der Waals surface area contributed by atoms with Crippen molar-refractivity contribution in [2.45, 2.75) is 90.4 Å². The van der Waals surface area contributed by atoms with Crippen molar-refractivity contribution in [2.24, 2.45) is 7.05 Å². The number of methoxy groups -OCH3 is 1. The average Bonchev–Trinajstić information content (AvgIpc) is 3.37. The van der Waals surface area contributed by atoms with Crippen molar-refractivity contribution in [3.63, 3.8) is 0 Å². The van der Waals surface area contributed by atoms with Crippen LogP contribution in [0, 0.1) is 0 Å². The Bertz CT molecular complexity index is 1130. The van der Waals surface area contributed by atoms with Crippen LogP contribution in [0.1, 0.15) is 89.5 Å². The van der Waals surface area contributed by atoms with Crippen molar-refractivity contribution in [3.05, 3.63) is 59.6 Å². The SMILES string of the molecule is CCCCCCCCCCCCCCOc1c(CC(=O)Nc2ccccc2-[c+]2sccn2C)cccc1OC.[Cl-]. The zero-order valence-electron chi connectivity index (χ0n) is 24.6. The third kappa shape index (κ3) is 11.1. The molecule has 1 aromatic heterocycles. The van der Waals surface area contributed by atoms with Crippen molar-refractivity contribution >= 4 is 22.9 Å². The Kier molecular flexibility index (Phi) is 16.4. The van der Waals surface area contributed by atoms with Gasteiger partial charge in [-0.1, -0.05) is 89.7 Å². The third-order valence-electron chi connectivity index (χ3n) is 7.09. The van der Waals surface area contributed by atoms with Gasteiger partial charge in [-0.05, 0) is 42.0 Å².